The molecule has 1 fully saturated rings. The van der Waals surface area contributed by atoms with Crippen LogP contribution in [0.3, 0.4) is 0 Å². The van der Waals surface area contributed by atoms with Gasteiger partial charge in [0, 0.05) is 26.2 Å². The summed E-state index contributed by atoms with van der Waals surface area (Å²) in [7, 11) is -3.31. The Morgan fingerprint density at radius 3 is 2.15 bits per heavy atom. The Morgan fingerprint density at radius 1 is 1.25 bits per heavy atom. The van der Waals surface area contributed by atoms with E-state index in [1.807, 2.05) is 0 Å². The van der Waals surface area contributed by atoms with Gasteiger partial charge in [-0.3, -0.25) is 4.79 Å². The molecule has 0 unspecified atom stereocenters. The van der Waals surface area contributed by atoms with Gasteiger partial charge in [-0.05, 0) is 6.92 Å². The molecule has 0 bridgehead atoms. The van der Waals surface area contributed by atoms with Gasteiger partial charge in [0.05, 0.1) is 6.26 Å². The summed E-state index contributed by atoms with van der Waals surface area (Å²) in [6.07, 6.45) is -4.62. The topological polar surface area (TPSA) is 66.9 Å². The molecule has 0 aliphatic carbocycles. The normalized spacial score (nSPS) is 19.9. The quantitative estimate of drug-likeness (QED) is 0.735. The van der Waals surface area contributed by atoms with Gasteiger partial charge in [0.15, 0.2) is 0 Å². The predicted octanol–water partition coefficient (Wildman–Crippen LogP) is 0.0576. The number of alkyl halides is 3. The van der Waals surface area contributed by atoms with Crippen LogP contribution in [0.15, 0.2) is 0 Å². The van der Waals surface area contributed by atoms with Gasteiger partial charge in [-0.1, -0.05) is 0 Å². The van der Waals surface area contributed by atoms with Gasteiger partial charge in [0.1, 0.15) is 12.7 Å². The van der Waals surface area contributed by atoms with E-state index in [1.165, 1.54) is 16.1 Å². The maximum absolute atomic E-state index is 12.0. The largest absolute Gasteiger partial charge is 0.411 e. The Bertz CT molecular complexity index is 444. The van der Waals surface area contributed by atoms with E-state index in [9.17, 15) is 26.4 Å². The SMILES string of the molecule is C[C@H](OCC(F)(F)F)C(=O)N1CCN(S(C)(=O)=O)CC1. The number of carbonyl (C=O) groups excluding carboxylic acids is 1. The van der Waals surface area contributed by atoms with Crippen molar-refractivity contribution in [3.63, 3.8) is 0 Å². The van der Waals surface area contributed by atoms with Crippen LogP contribution >= 0.6 is 0 Å². The lowest BCUT2D eigenvalue weighted by molar-refractivity contribution is -0.188. The van der Waals surface area contributed by atoms with Gasteiger partial charge in [0.2, 0.25) is 10.0 Å². The highest BCUT2D eigenvalue weighted by Gasteiger charge is 2.32. The van der Waals surface area contributed by atoms with Crippen LogP contribution in [-0.4, -0.2) is 74.9 Å². The Morgan fingerprint density at radius 2 is 1.75 bits per heavy atom. The van der Waals surface area contributed by atoms with E-state index in [4.69, 9.17) is 0 Å². The predicted molar refractivity (Wildman–Crippen MR) is 64.5 cm³/mol. The third-order valence-electron chi connectivity index (χ3n) is 2.86. The zero-order valence-corrected chi connectivity index (χ0v) is 12.0. The molecule has 0 spiro atoms. The molecule has 10 heteroatoms. The van der Waals surface area contributed by atoms with Gasteiger partial charge in [-0.15, -0.1) is 0 Å². The molecule has 6 nitrogen and oxygen atoms in total. The zero-order chi connectivity index (χ0) is 15.6. The summed E-state index contributed by atoms with van der Waals surface area (Å²) in [6.45, 7) is 0.324. The van der Waals surface area contributed by atoms with E-state index < -0.39 is 34.8 Å². The molecule has 20 heavy (non-hydrogen) atoms. The number of hydrogen-bond acceptors (Lipinski definition) is 4. The summed E-state index contributed by atoms with van der Waals surface area (Å²) in [4.78, 5) is 13.1. The molecule has 1 saturated heterocycles. The minimum atomic E-state index is -4.48. The lowest BCUT2D eigenvalue weighted by Crippen LogP contribution is -2.52. The van der Waals surface area contributed by atoms with Crippen LogP contribution in [-0.2, 0) is 19.6 Å². The van der Waals surface area contributed by atoms with Crippen molar-refractivity contribution in [3.05, 3.63) is 0 Å². The molecule has 0 aromatic carbocycles. The molecule has 1 aliphatic heterocycles. The molecule has 1 rings (SSSR count). The molecule has 0 aromatic heterocycles. The number of piperazine rings is 1. The second kappa shape index (κ2) is 6.27. The fraction of sp³-hybridized carbons (Fsp3) is 0.900. The van der Waals surface area contributed by atoms with E-state index in [0.29, 0.717) is 0 Å². The number of hydrogen-bond donors (Lipinski definition) is 0. The van der Waals surface area contributed by atoms with Crippen LogP contribution < -0.4 is 0 Å². The third-order valence-corrected chi connectivity index (χ3v) is 4.17. The summed E-state index contributed by atoms with van der Waals surface area (Å²) in [5.41, 5.74) is 0. The first-order valence-corrected chi connectivity index (χ1v) is 7.78. The monoisotopic (exact) mass is 318 g/mol. The minimum Gasteiger partial charge on any atom is -0.359 e. The highest BCUT2D eigenvalue weighted by Crippen LogP contribution is 2.16. The van der Waals surface area contributed by atoms with Crippen molar-refractivity contribution in [2.24, 2.45) is 0 Å². The molecule has 1 aliphatic rings. The van der Waals surface area contributed by atoms with Gasteiger partial charge >= 0.3 is 6.18 Å². The molecule has 1 atom stereocenters. The maximum Gasteiger partial charge on any atom is 0.411 e. The van der Waals surface area contributed by atoms with Crippen molar-refractivity contribution in [2.75, 3.05) is 39.0 Å². The molecular formula is C10H17F3N2O4S. The summed E-state index contributed by atoms with van der Waals surface area (Å²) < 4.78 is 64.2. The second-order valence-electron chi connectivity index (χ2n) is 4.56. The van der Waals surface area contributed by atoms with E-state index in [-0.39, 0.29) is 26.2 Å². The fourth-order valence-corrected chi connectivity index (χ4v) is 2.61. The summed E-state index contributed by atoms with van der Waals surface area (Å²) >= 11 is 0. The number of sulfonamides is 1. The van der Waals surface area contributed by atoms with Gasteiger partial charge < -0.3 is 9.64 Å². The van der Waals surface area contributed by atoms with Crippen molar-refractivity contribution in [1.29, 1.82) is 0 Å². The first kappa shape index (κ1) is 17.2. The lowest BCUT2D eigenvalue weighted by atomic mass is 10.3. The number of ether oxygens (including phenoxy) is 1. The van der Waals surface area contributed by atoms with E-state index in [2.05, 4.69) is 4.74 Å². The van der Waals surface area contributed by atoms with Crippen molar-refractivity contribution in [3.8, 4) is 0 Å². The van der Waals surface area contributed by atoms with Gasteiger partial charge in [-0.25, -0.2) is 8.42 Å². The molecule has 1 amide bonds. The van der Waals surface area contributed by atoms with Crippen molar-refractivity contribution in [2.45, 2.75) is 19.2 Å². The number of rotatable bonds is 4. The van der Waals surface area contributed by atoms with Crippen LogP contribution in [0, 0.1) is 0 Å². The Kier molecular flexibility index (Phi) is 5.39. The Balaban J connectivity index is 2.46. The smallest absolute Gasteiger partial charge is 0.359 e. The highest BCUT2D eigenvalue weighted by atomic mass is 32.2. The number of carbonyl (C=O) groups is 1. The number of halogens is 3. The second-order valence-corrected chi connectivity index (χ2v) is 6.54. The number of nitrogens with zero attached hydrogens (tertiary/aromatic N) is 2. The zero-order valence-electron chi connectivity index (χ0n) is 11.2. The molecule has 0 N–H and O–H groups in total. The molecule has 118 valence electrons. The molecular weight excluding hydrogens is 301 g/mol. The highest BCUT2D eigenvalue weighted by molar-refractivity contribution is 7.88. The molecule has 0 saturated carbocycles. The van der Waals surface area contributed by atoms with E-state index >= 15 is 0 Å². The number of amides is 1. The third kappa shape index (κ3) is 5.25. The summed E-state index contributed by atoms with van der Waals surface area (Å²) in [5.74, 6) is -0.567. The average molecular weight is 318 g/mol. The molecule has 0 aromatic rings. The van der Waals surface area contributed by atoms with E-state index in [0.717, 1.165) is 6.26 Å². The molecule has 1 heterocycles. The maximum atomic E-state index is 12.0. The van der Waals surface area contributed by atoms with E-state index in [1.54, 1.807) is 0 Å². The Labute approximate surface area is 115 Å². The van der Waals surface area contributed by atoms with Crippen molar-refractivity contribution < 1.29 is 31.1 Å². The fourth-order valence-electron chi connectivity index (χ4n) is 1.79. The average Bonchev–Trinajstić information content (AvgIpc) is 2.33. The van der Waals surface area contributed by atoms with Gasteiger partial charge in [-0.2, -0.15) is 17.5 Å². The van der Waals surface area contributed by atoms with Crippen LogP contribution in [0.2, 0.25) is 0 Å². The lowest BCUT2D eigenvalue weighted by Gasteiger charge is -2.34. The first-order chi connectivity index (χ1) is 9.00. The van der Waals surface area contributed by atoms with Crippen LogP contribution in [0.5, 0.6) is 0 Å². The first-order valence-electron chi connectivity index (χ1n) is 5.93. The van der Waals surface area contributed by atoms with Crippen molar-refractivity contribution >= 4 is 15.9 Å². The van der Waals surface area contributed by atoms with Crippen LogP contribution in [0.1, 0.15) is 6.92 Å². The standard InChI is InChI=1S/C10H17F3N2O4S/c1-8(19-7-10(11,12)13)9(16)14-3-5-15(6-4-14)20(2,17)18/h8H,3-7H2,1-2H3/t8-/m0/s1. The summed E-state index contributed by atoms with van der Waals surface area (Å²) in [5, 5.41) is 0. The minimum absolute atomic E-state index is 0.135. The Hall–Kier alpha value is -0.870. The van der Waals surface area contributed by atoms with Crippen LogP contribution in [0.4, 0.5) is 13.2 Å². The summed E-state index contributed by atoms with van der Waals surface area (Å²) in [6, 6.07) is 0. The van der Waals surface area contributed by atoms with Crippen LogP contribution in [0.25, 0.3) is 0 Å². The molecule has 0 radical (unpaired) electrons. The van der Waals surface area contributed by atoms with Gasteiger partial charge in [0.25, 0.3) is 5.91 Å². The van der Waals surface area contributed by atoms with Crippen molar-refractivity contribution in [1.82, 2.24) is 9.21 Å².